The Kier molecular flexibility index (Phi) is 4.59. The SMILES string of the molecule is O=c1c([N+](=O)[O-])c(SC[C@@H](O)c2ccccc2)nc2ccccn12. The summed E-state index contributed by atoms with van der Waals surface area (Å²) in [5.41, 5.74) is -0.291. The second kappa shape index (κ2) is 6.81. The number of hydrogen-bond donors (Lipinski definition) is 1. The number of fused-ring (bicyclic) bond motifs is 1. The van der Waals surface area contributed by atoms with Gasteiger partial charge in [0.25, 0.3) is 0 Å². The molecule has 1 aromatic carbocycles. The Hall–Kier alpha value is -2.71. The van der Waals surface area contributed by atoms with Crippen molar-refractivity contribution in [1.29, 1.82) is 0 Å². The first-order chi connectivity index (χ1) is 11.6. The number of rotatable bonds is 5. The van der Waals surface area contributed by atoms with Gasteiger partial charge in [0.15, 0.2) is 5.03 Å². The van der Waals surface area contributed by atoms with Crippen molar-refractivity contribution >= 4 is 23.1 Å². The van der Waals surface area contributed by atoms with Crippen LogP contribution in [0.3, 0.4) is 0 Å². The van der Waals surface area contributed by atoms with Crippen molar-refractivity contribution in [3.8, 4) is 0 Å². The van der Waals surface area contributed by atoms with E-state index in [1.54, 1.807) is 42.5 Å². The summed E-state index contributed by atoms with van der Waals surface area (Å²) in [6, 6.07) is 13.9. The number of thioether (sulfide) groups is 1. The van der Waals surface area contributed by atoms with E-state index >= 15 is 0 Å². The predicted octanol–water partition coefficient (Wildman–Crippen LogP) is 2.43. The van der Waals surface area contributed by atoms with Gasteiger partial charge in [0.2, 0.25) is 0 Å². The van der Waals surface area contributed by atoms with Crippen molar-refractivity contribution in [2.24, 2.45) is 0 Å². The topological polar surface area (TPSA) is 97.7 Å². The van der Waals surface area contributed by atoms with Gasteiger partial charge in [0, 0.05) is 11.9 Å². The smallest absolute Gasteiger partial charge is 0.366 e. The first-order valence-corrected chi connectivity index (χ1v) is 8.08. The Morgan fingerprint density at radius 1 is 1.21 bits per heavy atom. The Bertz CT molecular complexity index is 943. The molecule has 0 saturated carbocycles. The molecule has 0 bridgehead atoms. The van der Waals surface area contributed by atoms with E-state index in [0.29, 0.717) is 11.2 Å². The molecule has 0 radical (unpaired) electrons. The molecule has 0 aliphatic heterocycles. The molecule has 0 spiro atoms. The first kappa shape index (κ1) is 16.2. The molecule has 8 heteroatoms. The van der Waals surface area contributed by atoms with E-state index in [1.807, 2.05) is 6.07 Å². The fourth-order valence-corrected chi connectivity index (χ4v) is 3.21. The highest BCUT2D eigenvalue weighted by molar-refractivity contribution is 7.99. The lowest BCUT2D eigenvalue weighted by molar-refractivity contribution is -0.389. The average molecular weight is 343 g/mol. The molecule has 3 rings (SSSR count). The average Bonchev–Trinajstić information content (AvgIpc) is 2.60. The van der Waals surface area contributed by atoms with Gasteiger partial charge in [-0.25, -0.2) is 4.98 Å². The van der Waals surface area contributed by atoms with Crippen molar-refractivity contribution in [2.45, 2.75) is 11.1 Å². The third-order valence-corrected chi connectivity index (χ3v) is 4.46. The Morgan fingerprint density at radius 2 is 1.92 bits per heavy atom. The summed E-state index contributed by atoms with van der Waals surface area (Å²) < 4.78 is 1.13. The van der Waals surface area contributed by atoms with Crippen molar-refractivity contribution in [3.05, 3.63) is 80.8 Å². The monoisotopic (exact) mass is 343 g/mol. The summed E-state index contributed by atoms with van der Waals surface area (Å²) in [4.78, 5) is 27.1. The first-order valence-electron chi connectivity index (χ1n) is 7.09. The number of aliphatic hydroxyl groups is 1. The lowest BCUT2D eigenvalue weighted by Crippen LogP contribution is -2.19. The Labute approximate surface area is 140 Å². The lowest BCUT2D eigenvalue weighted by atomic mass is 10.1. The van der Waals surface area contributed by atoms with Gasteiger partial charge < -0.3 is 5.11 Å². The maximum atomic E-state index is 12.3. The number of aliphatic hydroxyl groups excluding tert-OH is 1. The highest BCUT2D eigenvalue weighted by Gasteiger charge is 2.24. The molecule has 0 aliphatic carbocycles. The van der Waals surface area contributed by atoms with Gasteiger partial charge in [-0.3, -0.25) is 19.3 Å². The van der Waals surface area contributed by atoms with Gasteiger partial charge in [0.1, 0.15) is 5.65 Å². The number of nitrogens with zero attached hydrogens (tertiary/aromatic N) is 3. The van der Waals surface area contributed by atoms with E-state index in [1.165, 1.54) is 6.20 Å². The van der Waals surface area contributed by atoms with Crippen LogP contribution in [0.5, 0.6) is 0 Å². The van der Waals surface area contributed by atoms with Crippen LogP contribution in [0.15, 0.2) is 64.5 Å². The molecular formula is C16H13N3O4S. The molecule has 122 valence electrons. The van der Waals surface area contributed by atoms with Gasteiger partial charge in [-0.15, -0.1) is 0 Å². The van der Waals surface area contributed by atoms with E-state index in [0.717, 1.165) is 16.2 Å². The zero-order valence-corrected chi connectivity index (χ0v) is 13.2. The van der Waals surface area contributed by atoms with Crippen molar-refractivity contribution in [3.63, 3.8) is 0 Å². The van der Waals surface area contributed by atoms with E-state index < -0.39 is 22.3 Å². The van der Waals surface area contributed by atoms with E-state index in [2.05, 4.69) is 4.98 Å². The third kappa shape index (κ3) is 3.15. The van der Waals surface area contributed by atoms with Crippen LogP contribution in [-0.2, 0) is 0 Å². The summed E-state index contributed by atoms with van der Waals surface area (Å²) in [7, 11) is 0. The minimum atomic E-state index is -0.813. The van der Waals surface area contributed by atoms with Gasteiger partial charge in [-0.1, -0.05) is 48.2 Å². The maximum Gasteiger partial charge on any atom is 0.366 e. The maximum absolute atomic E-state index is 12.3. The second-order valence-electron chi connectivity index (χ2n) is 4.99. The molecule has 7 nitrogen and oxygen atoms in total. The van der Waals surface area contributed by atoms with Gasteiger partial charge in [-0.05, 0) is 17.7 Å². The van der Waals surface area contributed by atoms with Crippen LogP contribution < -0.4 is 5.56 Å². The lowest BCUT2D eigenvalue weighted by Gasteiger charge is -2.10. The molecule has 0 fully saturated rings. The number of benzene rings is 1. The van der Waals surface area contributed by atoms with Gasteiger partial charge in [-0.2, -0.15) is 0 Å². The molecule has 0 amide bonds. The molecule has 1 N–H and O–H groups in total. The normalized spacial score (nSPS) is 12.2. The van der Waals surface area contributed by atoms with Crippen molar-refractivity contribution in [2.75, 3.05) is 5.75 Å². The Balaban J connectivity index is 1.95. The van der Waals surface area contributed by atoms with Crippen LogP contribution in [0, 0.1) is 10.1 Å². The summed E-state index contributed by atoms with van der Waals surface area (Å²) >= 11 is 0.991. The minimum Gasteiger partial charge on any atom is -0.388 e. The fraction of sp³-hybridized carbons (Fsp3) is 0.125. The zero-order chi connectivity index (χ0) is 17.1. The molecular weight excluding hydrogens is 330 g/mol. The number of pyridine rings is 1. The summed E-state index contributed by atoms with van der Waals surface area (Å²) in [6.45, 7) is 0. The Morgan fingerprint density at radius 3 is 2.62 bits per heavy atom. The molecule has 2 heterocycles. The largest absolute Gasteiger partial charge is 0.388 e. The summed E-state index contributed by atoms with van der Waals surface area (Å²) in [5, 5.41) is 21.5. The van der Waals surface area contributed by atoms with Crippen LogP contribution in [0.2, 0.25) is 0 Å². The van der Waals surface area contributed by atoms with E-state index in [-0.39, 0.29) is 10.8 Å². The third-order valence-electron chi connectivity index (χ3n) is 3.42. The highest BCUT2D eigenvalue weighted by atomic mass is 32.2. The van der Waals surface area contributed by atoms with Crippen LogP contribution in [0.1, 0.15) is 11.7 Å². The summed E-state index contributed by atoms with van der Waals surface area (Å²) in [6.07, 6.45) is 0.622. The standard InChI is InChI=1S/C16H13N3O4S/c20-12(11-6-2-1-3-7-11)10-24-15-14(19(22)23)16(21)18-9-5-4-8-13(18)17-15/h1-9,12,20H,10H2/t12-/m1/s1. The van der Waals surface area contributed by atoms with Crippen LogP contribution in [0.4, 0.5) is 5.69 Å². The molecule has 0 unspecified atom stereocenters. The molecule has 24 heavy (non-hydrogen) atoms. The van der Waals surface area contributed by atoms with Gasteiger partial charge >= 0.3 is 11.2 Å². The number of aromatic nitrogens is 2. The summed E-state index contributed by atoms with van der Waals surface area (Å²) in [5.74, 6) is 0.153. The molecule has 0 aliphatic rings. The molecule has 0 saturated heterocycles. The second-order valence-corrected chi connectivity index (χ2v) is 6.00. The van der Waals surface area contributed by atoms with Crippen LogP contribution in [-0.4, -0.2) is 25.2 Å². The van der Waals surface area contributed by atoms with E-state index in [9.17, 15) is 20.0 Å². The number of hydrogen-bond acceptors (Lipinski definition) is 6. The number of nitro groups is 1. The van der Waals surface area contributed by atoms with E-state index in [4.69, 9.17) is 0 Å². The fourth-order valence-electron chi connectivity index (χ4n) is 2.25. The molecule has 3 aromatic rings. The molecule has 2 aromatic heterocycles. The predicted molar refractivity (Wildman–Crippen MR) is 90.2 cm³/mol. The van der Waals surface area contributed by atoms with Crippen LogP contribution >= 0.6 is 11.8 Å². The van der Waals surface area contributed by atoms with Crippen LogP contribution in [0.25, 0.3) is 5.65 Å². The highest BCUT2D eigenvalue weighted by Crippen LogP contribution is 2.28. The van der Waals surface area contributed by atoms with Crippen molar-refractivity contribution in [1.82, 2.24) is 9.38 Å². The van der Waals surface area contributed by atoms with Crippen molar-refractivity contribution < 1.29 is 10.0 Å². The quantitative estimate of drug-likeness (QED) is 0.331. The van der Waals surface area contributed by atoms with Gasteiger partial charge in [0.05, 0.1) is 11.0 Å². The zero-order valence-electron chi connectivity index (χ0n) is 12.4. The molecule has 1 atom stereocenters. The minimum absolute atomic E-state index is 0.00572.